The van der Waals surface area contributed by atoms with Gasteiger partial charge < -0.3 is 10.3 Å². The Morgan fingerprint density at radius 1 is 0.857 bits per heavy atom. The molecule has 1 atom stereocenters. The van der Waals surface area contributed by atoms with Crippen LogP contribution < -0.4 is 5.32 Å². The van der Waals surface area contributed by atoms with Crippen LogP contribution in [0, 0.1) is 0 Å². The van der Waals surface area contributed by atoms with Crippen molar-refractivity contribution in [1.82, 2.24) is 10.3 Å². The van der Waals surface area contributed by atoms with Crippen LogP contribution in [0.15, 0.2) is 91.1 Å². The van der Waals surface area contributed by atoms with Crippen LogP contribution in [-0.2, 0) is 17.6 Å². The van der Waals surface area contributed by atoms with Gasteiger partial charge in [0.2, 0.25) is 5.91 Å². The lowest BCUT2D eigenvalue weighted by molar-refractivity contribution is -0.121. The molecule has 0 aliphatic heterocycles. The minimum Gasteiger partial charge on any atom is -0.361 e. The maximum Gasteiger partial charge on any atom is 0.220 e. The molecule has 0 bridgehead atoms. The molecule has 0 aliphatic carbocycles. The molecule has 1 unspecified atom stereocenters. The molecule has 1 heterocycles. The Kier molecular flexibility index (Phi) is 5.53. The van der Waals surface area contributed by atoms with Crippen LogP contribution in [0.3, 0.4) is 0 Å². The molecule has 0 radical (unpaired) electrons. The molecule has 4 aromatic rings. The van der Waals surface area contributed by atoms with Gasteiger partial charge in [-0.05, 0) is 35.6 Å². The van der Waals surface area contributed by atoms with E-state index in [4.69, 9.17) is 0 Å². The molecule has 140 valence electrons. The van der Waals surface area contributed by atoms with E-state index in [0.717, 1.165) is 23.9 Å². The van der Waals surface area contributed by atoms with Crippen molar-refractivity contribution in [3.63, 3.8) is 0 Å². The van der Waals surface area contributed by atoms with Crippen LogP contribution in [0.1, 0.15) is 29.2 Å². The topological polar surface area (TPSA) is 44.9 Å². The van der Waals surface area contributed by atoms with E-state index in [0.29, 0.717) is 6.42 Å². The minimum atomic E-state index is -0.0286. The highest BCUT2D eigenvalue weighted by Gasteiger charge is 2.15. The average molecular weight is 368 g/mol. The van der Waals surface area contributed by atoms with Gasteiger partial charge in [-0.2, -0.15) is 0 Å². The molecule has 0 saturated heterocycles. The summed E-state index contributed by atoms with van der Waals surface area (Å²) in [6.45, 7) is 0. The summed E-state index contributed by atoms with van der Waals surface area (Å²) in [6.07, 6.45) is 3.99. The average Bonchev–Trinajstić information content (AvgIpc) is 3.16. The number of hydrogen-bond donors (Lipinski definition) is 2. The predicted octanol–water partition coefficient (Wildman–Crippen LogP) is 5.20. The zero-order valence-corrected chi connectivity index (χ0v) is 15.8. The first kappa shape index (κ1) is 18.1. The van der Waals surface area contributed by atoms with Gasteiger partial charge >= 0.3 is 0 Å². The SMILES string of the molecule is O=C(CCc1c[nH]c2ccccc12)NC(Cc1ccccc1)c1ccccc1. The first-order chi connectivity index (χ1) is 13.8. The molecule has 0 fully saturated rings. The molecule has 0 aliphatic rings. The lowest BCUT2D eigenvalue weighted by Crippen LogP contribution is -2.30. The molecule has 0 spiro atoms. The van der Waals surface area contributed by atoms with E-state index in [1.165, 1.54) is 16.5 Å². The van der Waals surface area contributed by atoms with Crippen molar-refractivity contribution in [2.45, 2.75) is 25.3 Å². The van der Waals surface area contributed by atoms with Crippen molar-refractivity contribution in [2.24, 2.45) is 0 Å². The van der Waals surface area contributed by atoms with Crippen molar-refractivity contribution < 1.29 is 4.79 Å². The highest BCUT2D eigenvalue weighted by molar-refractivity contribution is 5.84. The number of nitrogens with one attached hydrogen (secondary N) is 2. The molecule has 28 heavy (non-hydrogen) atoms. The lowest BCUT2D eigenvalue weighted by atomic mass is 9.98. The number of benzene rings is 3. The second-order valence-electron chi connectivity index (χ2n) is 7.08. The van der Waals surface area contributed by atoms with Crippen molar-refractivity contribution in [3.8, 4) is 0 Å². The molecule has 1 aromatic heterocycles. The number of H-pyrrole nitrogens is 1. The van der Waals surface area contributed by atoms with Crippen LogP contribution in [0.4, 0.5) is 0 Å². The van der Waals surface area contributed by atoms with E-state index in [1.54, 1.807) is 0 Å². The number of aryl methyl sites for hydroxylation is 1. The Hall–Kier alpha value is -3.33. The minimum absolute atomic E-state index is 0.0286. The number of carbonyl (C=O) groups is 1. The zero-order valence-electron chi connectivity index (χ0n) is 15.8. The summed E-state index contributed by atoms with van der Waals surface area (Å²) in [7, 11) is 0. The smallest absolute Gasteiger partial charge is 0.220 e. The molecule has 3 nitrogen and oxygen atoms in total. The number of amides is 1. The molecular weight excluding hydrogens is 344 g/mol. The second-order valence-corrected chi connectivity index (χ2v) is 7.08. The molecule has 3 heteroatoms. The van der Waals surface area contributed by atoms with E-state index in [9.17, 15) is 4.79 Å². The normalized spacial score (nSPS) is 12.0. The number of carbonyl (C=O) groups excluding carboxylic acids is 1. The number of fused-ring (bicyclic) bond motifs is 1. The monoisotopic (exact) mass is 368 g/mol. The Bertz CT molecular complexity index is 1040. The summed E-state index contributed by atoms with van der Waals surface area (Å²) in [6, 6.07) is 28.7. The van der Waals surface area contributed by atoms with E-state index in [-0.39, 0.29) is 11.9 Å². The van der Waals surface area contributed by atoms with Crippen molar-refractivity contribution >= 4 is 16.8 Å². The Morgan fingerprint density at radius 2 is 1.54 bits per heavy atom. The summed E-state index contributed by atoms with van der Waals surface area (Å²) in [5.41, 5.74) is 4.65. The predicted molar refractivity (Wildman–Crippen MR) is 114 cm³/mol. The fraction of sp³-hybridized carbons (Fsp3) is 0.160. The summed E-state index contributed by atoms with van der Waals surface area (Å²) >= 11 is 0. The maximum atomic E-state index is 12.7. The van der Waals surface area contributed by atoms with Crippen LogP contribution in [-0.4, -0.2) is 10.9 Å². The summed E-state index contributed by atoms with van der Waals surface area (Å²) in [5.74, 6) is 0.0788. The highest BCUT2D eigenvalue weighted by Crippen LogP contribution is 2.21. The van der Waals surface area contributed by atoms with Gasteiger partial charge in [-0.25, -0.2) is 0 Å². The quantitative estimate of drug-likeness (QED) is 0.463. The summed E-state index contributed by atoms with van der Waals surface area (Å²) in [5, 5.41) is 4.44. The number of aromatic amines is 1. The zero-order chi connectivity index (χ0) is 19.2. The fourth-order valence-electron chi connectivity index (χ4n) is 3.64. The van der Waals surface area contributed by atoms with Gasteiger partial charge in [-0.3, -0.25) is 4.79 Å². The fourth-order valence-corrected chi connectivity index (χ4v) is 3.64. The number of aromatic nitrogens is 1. The van der Waals surface area contributed by atoms with E-state index in [1.807, 2.05) is 54.7 Å². The highest BCUT2D eigenvalue weighted by atomic mass is 16.1. The van der Waals surface area contributed by atoms with Gasteiger partial charge in [-0.1, -0.05) is 78.9 Å². The van der Waals surface area contributed by atoms with E-state index < -0.39 is 0 Å². The third-order valence-corrected chi connectivity index (χ3v) is 5.12. The number of para-hydroxylation sites is 1. The van der Waals surface area contributed by atoms with Gasteiger partial charge in [0.25, 0.3) is 0 Å². The Balaban J connectivity index is 1.44. The lowest BCUT2D eigenvalue weighted by Gasteiger charge is -2.19. The van der Waals surface area contributed by atoms with Gasteiger partial charge in [0, 0.05) is 23.5 Å². The largest absolute Gasteiger partial charge is 0.361 e. The Morgan fingerprint density at radius 3 is 2.32 bits per heavy atom. The third kappa shape index (κ3) is 4.32. The van der Waals surface area contributed by atoms with Gasteiger partial charge in [0.05, 0.1) is 6.04 Å². The maximum absolute atomic E-state index is 12.7. The van der Waals surface area contributed by atoms with Gasteiger partial charge in [-0.15, -0.1) is 0 Å². The molecule has 0 saturated carbocycles. The van der Waals surface area contributed by atoms with Crippen LogP contribution in [0.25, 0.3) is 10.9 Å². The van der Waals surface area contributed by atoms with Gasteiger partial charge in [0.1, 0.15) is 0 Å². The van der Waals surface area contributed by atoms with Crippen LogP contribution >= 0.6 is 0 Å². The van der Waals surface area contributed by atoms with Crippen molar-refractivity contribution in [2.75, 3.05) is 0 Å². The second kappa shape index (κ2) is 8.57. The summed E-state index contributed by atoms with van der Waals surface area (Å²) in [4.78, 5) is 16.0. The van der Waals surface area contributed by atoms with E-state index >= 15 is 0 Å². The number of hydrogen-bond acceptors (Lipinski definition) is 1. The number of rotatable bonds is 7. The third-order valence-electron chi connectivity index (χ3n) is 5.12. The van der Waals surface area contributed by atoms with Crippen LogP contribution in [0.5, 0.6) is 0 Å². The first-order valence-corrected chi connectivity index (χ1v) is 9.73. The summed E-state index contributed by atoms with van der Waals surface area (Å²) < 4.78 is 0. The first-order valence-electron chi connectivity index (χ1n) is 9.73. The van der Waals surface area contributed by atoms with E-state index in [2.05, 4.69) is 46.7 Å². The Labute approximate surface area is 165 Å². The van der Waals surface area contributed by atoms with Crippen LogP contribution in [0.2, 0.25) is 0 Å². The van der Waals surface area contributed by atoms with Gasteiger partial charge in [0.15, 0.2) is 0 Å². The molecule has 4 rings (SSSR count). The van der Waals surface area contributed by atoms with Crippen molar-refractivity contribution in [1.29, 1.82) is 0 Å². The molecule has 1 amide bonds. The van der Waals surface area contributed by atoms with Crippen molar-refractivity contribution in [3.05, 3.63) is 108 Å². The standard InChI is InChI=1S/C25H24N2O/c28-25(16-15-21-18-26-23-14-8-7-13-22(21)23)27-24(20-11-5-2-6-12-20)17-19-9-3-1-4-10-19/h1-14,18,24,26H,15-17H2,(H,27,28). The molecular formula is C25H24N2O. The molecule has 2 N–H and O–H groups in total. The molecule has 3 aromatic carbocycles.